The van der Waals surface area contributed by atoms with E-state index in [4.69, 9.17) is 23.2 Å². The maximum atomic E-state index is 12.5. The molecular weight excluding hydrogens is 383 g/mol. The second kappa shape index (κ2) is 9.25. The number of hydrogen-bond acceptors (Lipinski definition) is 3. The molecule has 1 unspecified atom stereocenters. The highest BCUT2D eigenvalue weighted by Gasteiger charge is 2.28. The highest BCUT2D eigenvalue weighted by molar-refractivity contribution is 6.35. The van der Waals surface area contributed by atoms with Gasteiger partial charge in [-0.3, -0.25) is 9.79 Å². The summed E-state index contributed by atoms with van der Waals surface area (Å²) in [4.78, 5) is 16.7. The normalized spacial score (nSPS) is 18.5. The Balaban J connectivity index is 2.56. The maximum Gasteiger partial charge on any atom is 0.221 e. The highest BCUT2D eigenvalue weighted by atomic mass is 35.5. The molecule has 2 N–H and O–H groups in total. The molecular formula is C21H24Cl2N2O2. The zero-order valence-electron chi connectivity index (χ0n) is 15.9. The van der Waals surface area contributed by atoms with Crippen LogP contribution in [0.25, 0.3) is 0 Å². The largest absolute Gasteiger partial charge is 0.505 e. The number of hydrogen-bond donors (Lipinski definition) is 2. The fraction of sp³-hybridized carbons (Fsp3) is 0.333. The van der Waals surface area contributed by atoms with E-state index in [1.54, 1.807) is 31.3 Å². The molecule has 6 heteroatoms. The Labute approximate surface area is 170 Å². The minimum Gasteiger partial charge on any atom is -0.505 e. The molecule has 0 aliphatic heterocycles. The van der Waals surface area contributed by atoms with Crippen molar-refractivity contribution in [3.8, 4) is 0 Å². The van der Waals surface area contributed by atoms with Gasteiger partial charge in [-0.05, 0) is 36.1 Å². The topological polar surface area (TPSA) is 61.7 Å². The molecule has 0 saturated carbocycles. The van der Waals surface area contributed by atoms with Crippen LogP contribution in [-0.4, -0.2) is 23.8 Å². The standard InChI is InChI=1S/C21H24Cl2N2O2/c1-5-13-6-8-16(21(27)19(13)24-4)20(25-18(26)10-12(2)3)15-9-7-14(22)11-17(15)23/h5-9,11-12,20,27H,10H2,1-4H3,(H,25,26)/b13-5-,24-19?. The van der Waals surface area contributed by atoms with Gasteiger partial charge < -0.3 is 10.4 Å². The van der Waals surface area contributed by atoms with Crippen molar-refractivity contribution < 1.29 is 9.90 Å². The van der Waals surface area contributed by atoms with Crippen molar-refractivity contribution in [2.45, 2.75) is 33.2 Å². The van der Waals surface area contributed by atoms with Crippen LogP contribution in [0.5, 0.6) is 0 Å². The highest BCUT2D eigenvalue weighted by Crippen LogP contribution is 2.35. The summed E-state index contributed by atoms with van der Waals surface area (Å²) in [6.45, 7) is 5.82. The van der Waals surface area contributed by atoms with E-state index in [2.05, 4.69) is 10.3 Å². The molecule has 1 atom stereocenters. The van der Waals surface area contributed by atoms with E-state index >= 15 is 0 Å². The third-order valence-corrected chi connectivity index (χ3v) is 4.79. The molecule has 27 heavy (non-hydrogen) atoms. The summed E-state index contributed by atoms with van der Waals surface area (Å²) >= 11 is 12.4. The van der Waals surface area contributed by atoms with Crippen LogP contribution in [0.1, 0.15) is 38.8 Å². The number of allylic oxidation sites excluding steroid dienone is 3. The third-order valence-electron chi connectivity index (χ3n) is 4.23. The molecule has 4 nitrogen and oxygen atoms in total. The maximum absolute atomic E-state index is 12.5. The summed E-state index contributed by atoms with van der Waals surface area (Å²) in [6, 6.07) is 4.47. The lowest BCUT2D eigenvalue weighted by Crippen LogP contribution is -2.32. The van der Waals surface area contributed by atoms with Crippen molar-refractivity contribution in [3.05, 3.63) is 68.9 Å². The van der Waals surface area contributed by atoms with Crippen LogP contribution >= 0.6 is 23.2 Å². The number of halogens is 2. The zero-order chi connectivity index (χ0) is 20.1. The zero-order valence-corrected chi connectivity index (χ0v) is 17.4. The summed E-state index contributed by atoms with van der Waals surface area (Å²) < 4.78 is 0. The number of carbonyl (C=O) groups is 1. The van der Waals surface area contributed by atoms with E-state index in [9.17, 15) is 9.90 Å². The molecule has 1 aliphatic rings. The number of aliphatic imine (C=N–C) groups is 1. The monoisotopic (exact) mass is 406 g/mol. The summed E-state index contributed by atoms with van der Waals surface area (Å²) in [7, 11) is 1.62. The first-order chi connectivity index (χ1) is 12.8. The summed E-state index contributed by atoms with van der Waals surface area (Å²) in [5.41, 5.74) is 2.47. The Kier molecular flexibility index (Phi) is 7.28. The van der Waals surface area contributed by atoms with Gasteiger partial charge in [-0.15, -0.1) is 0 Å². The van der Waals surface area contributed by atoms with Gasteiger partial charge in [0.1, 0.15) is 11.5 Å². The van der Waals surface area contributed by atoms with Gasteiger partial charge in [-0.1, -0.05) is 61.3 Å². The number of aliphatic hydroxyl groups excluding tert-OH is 1. The van der Waals surface area contributed by atoms with E-state index in [-0.39, 0.29) is 17.6 Å². The Bertz CT molecular complexity index is 852. The predicted octanol–water partition coefficient (Wildman–Crippen LogP) is 5.60. The first kappa shape index (κ1) is 21.3. The van der Waals surface area contributed by atoms with Crippen LogP contribution in [0.2, 0.25) is 10.0 Å². The van der Waals surface area contributed by atoms with Crippen molar-refractivity contribution in [2.24, 2.45) is 10.9 Å². The molecule has 0 fully saturated rings. The molecule has 0 bridgehead atoms. The van der Waals surface area contributed by atoms with Gasteiger partial charge in [0, 0.05) is 29.1 Å². The molecule has 1 aromatic carbocycles. The quantitative estimate of drug-likeness (QED) is 0.668. The molecule has 1 amide bonds. The van der Waals surface area contributed by atoms with Crippen molar-refractivity contribution >= 4 is 34.8 Å². The van der Waals surface area contributed by atoms with Gasteiger partial charge in [0.15, 0.2) is 0 Å². The molecule has 0 radical (unpaired) electrons. The molecule has 144 valence electrons. The summed E-state index contributed by atoms with van der Waals surface area (Å²) in [5, 5.41) is 14.7. The number of nitrogens with one attached hydrogen (secondary N) is 1. The second-order valence-electron chi connectivity index (χ2n) is 6.72. The van der Waals surface area contributed by atoms with Crippen LogP contribution in [0.4, 0.5) is 0 Å². The van der Waals surface area contributed by atoms with Gasteiger partial charge >= 0.3 is 0 Å². The molecule has 1 aliphatic carbocycles. The average Bonchev–Trinajstić information content (AvgIpc) is 2.59. The lowest BCUT2D eigenvalue weighted by molar-refractivity contribution is -0.122. The van der Waals surface area contributed by atoms with Crippen LogP contribution in [0, 0.1) is 5.92 Å². The Morgan fingerprint density at radius 3 is 2.56 bits per heavy atom. The lowest BCUT2D eigenvalue weighted by atomic mass is 9.89. The van der Waals surface area contributed by atoms with E-state index in [0.717, 1.165) is 5.57 Å². The van der Waals surface area contributed by atoms with Gasteiger partial charge in [0.2, 0.25) is 5.91 Å². The fourth-order valence-electron chi connectivity index (χ4n) is 2.96. The fourth-order valence-corrected chi connectivity index (χ4v) is 3.48. The summed E-state index contributed by atoms with van der Waals surface area (Å²) in [6.07, 6.45) is 5.88. The van der Waals surface area contributed by atoms with E-state index in [0.29, 0.717) is 33.3 Å². The van der Waals surface area contributed by atoms with Crippen LogP contribution < -0.4 is 5.32 Å². The van der Waals surface area contributed by atoms with Crippen molar-refractivity contribution in [1.29, 1.82) is 0 Å². The molecule has 2 rings (SSSR count). The van der Waals surface area contributed by atoms with E-state index < -0.39 is 6.04 Å². The molecule has 0 aromatic heterocycles. The number of aliphatic hydroxyl groups is 1. The Morgan fingerprint density at radius 1 is 1.30 bits per heavy atom. The molecule has 0 saturated heterocycles. The van der Waals surface area contributed by atoms with Crippen molar-refractivity contribution in [1.82, 2.24) is 5.32 Å². The van der Waals surface area contributed by atoms with E-state index in [1.807, 2.05) is 32.9 Å². The van der Waals surface area contributed by atoms with Crippen LogP contribution in [-0.2, 0) is 4.79 Å². The van der Waals surface area contributed by atoms with Crippen molar-refractivity contribution in [2.75, 3.05) is 7.05 Å². The molecule has 0 heterocycles. The van der Waals surface area contributed by atoms with Gasteiger partial charge in [-0.2, -0.15) is 0 Å². The first-order valence-corrected chi connectivity index (χ1v) is 9.53. The van der Waals surface area contributed by atoms with Gasteiger partial charge in [-0.25, -0.2) is 0 Å². The molecule has 1 aromatic rings. The number of rotatable bonds is 5. The minimum atomic E-state index is -0.618. The first-order valence-electron chi connectivity index (χ1n) is 8.77. The Morgan fingerprint density at radius 2 is 2.00 bits per heavy atom. The van der Waals surface area contributed by atoms with Gasteiger partial charge in [0.05, 0.1) is 6.04 Å². The second-order valence-corrected chi connectivity index (χ2v) is 7.56. The van der Waals surface area contributed by atoms with Gasteiger partial charge in [0.25, 0.3) is 0 Å². The summed E-state index contributed by atoms with van der Waals surface area (Å²) in [5.74, 6) is 0.105. The SMILES string of the molecule is C/C=C1/C=CC(C(NC(=O)CC(C)C)c2ccc(Cl)cc2Cl)=C(O)C1=NC. The third kappa shape index (κ3) is 5.02. The smallest absolute Gasteiger partial charge is 0.221 e. The minimum absolute atomic E-state index is 0.0222. The van der Waals surface area contributed by atoms with Crippen molar-refractivity contribution in [3.63, 3.8) is 0 Å². The average molecular weight is 407 g/mol. The van der Waals surface area contributed by atoms with Crippen LogP contribution in [0.3, 0.4) is 0 Å². The number of amides is 1. The number of benzene rings is 1. The molecule has 0 spiro atoms. The predicted molar refractivity (Wildman–Crippen MR) is 113 cm³/mol. The van der Waals surface area contributed by atoms with Crippen LogP contribution in [0.15, 0.2) is 58.3 Å². The number of carbonyl (C=O) groups excluding carboxylic acids is 1. The van der Waals surface area contributed by atoms with E-state index in [1.165, 1.54) is 0 Å². The lowest BCUT2D eigenvalue weighted by Gasteiger charge is -2.26. The Hall–Kier alpha value is -2.04. The number of nitrogens with zero attached hydrogens (tertiary/aromatic N) is 1.